The predicted molar refractivity (Wildman–Crippen MR) is 87.4 cm³/mol. The van der Waals surface area contributed by atoms with Crippen LogP contribution in [0.2, 0.25) is 0 Å². The lowest BCUT2D eigenvalue weighted by molar-refractivity contribution is -0.0000166. The van der Waals surface area contributed by atoms with Crippen LogP contribution in [0.3, 0.4) is 0 Å². The minimum atomic E-state index is -0.462. The van der Waals surface area contributed by atoms with Gasteiger partial charge in [-0.15, -0.1) is 10.2 Å². The molecule has 0 spiro atoms. The summed E-state index contributed by atoms with van der Waals surface area (Å²) in [6.45, 7) is 12.8. The molecule has 0 saturated carbocycles. The van der Waals surface area contributed by atoms with E-state index in [9.17, 15) is 4.79 Å². The Morgan fingerprint density at radius 1 is 1.29 bits per heavy atom. The molecule has 0 aromatic carbocycles. The van der Waals surface area contributed by atoms with Gasteiger partial charge >= 0.3 is 6.09 Å². The molecule has 3 heterocycles. The second-order valence-corrected chi connectivity index (χ2v) is 7.49. The molecule has 8 nitrogen and oxygen atoms in total. The van der Waals surface area contributed by atoms with E-state index < -0.39 is 5.60 Å². The van der Waals surface area contributed by atoms with E-state index in [4.69, 9.17) is 9.47 Å². The summed E-state index contributed by atoms with van der Waals surface area (Å²) in [7, 11) is 0. The van der Waals surface area contributed by atoms with Gasteiger partial charge in [0.15, 0.2) is 5.82 Å². The van der Waals surface area contributed by atoms with Gasteiger partial charge in [-0.05, 0) is 27.7 Å². The predicted octanol–water partition coefficient (Wildman–Crippen LogP) is 1.25. The molecule has 3 rings (SSSR count). The third-order valence-electron chi connectivity index (χ3n) is 4.30. The van der Waals surface area contributed by atoms with Crippen LogP contribution in [0.1, 0.15) is 39.3 Å². The van der Waals surface area contributed by atoms with E-state index in [0.717, 1.165) is 37.8 Å². The van der Waals surface area contributed by atoms with Crippen molar-refractivity contribution in [2.24, 2.45) is 0 Å². The highest BCUT2D eigenvalue weighted by Crippen LogP contribution is 2.18. The van der Waals surface area contributed by atoms with Crippen molar-refractivity contribution in [3.63, 3.8) is 0 Å². The summed E-state index contributed by atoms with van der Waals surface area (Å²) < 4.78 is 13.0. The van der Waals surface area contributed by atoms with Crippen LogP contribution in [0.15, 0.2) is 0 Å². The Labute approximate surface area is 142 Å². The highest BCUT2D eigenvalue weighted by Gasteiger charge is 2.31. The number of nitrogens with zero attached hydrogens (tertiary/aromatic N) is 5. The molecule has 0 bridgehead atoms. The zero-order valence-electron chi connectivity index (χ0n) is 15.0. The van der Waals surface area contributed by atoms with Gasteiger partial charge in [-0.3, -0.25) is 4.90 Å². The van der Waals surface area contributed by atoms with E-state index in [0.29, 0.717) is 19.8 Å². The van der Waals surface area contributed by atoms with Gasteiger partial charge in [-0.1, -0.05) is 0 Å². The fourth-order valence-electron chi connectivity index (χ4n) is 3.14. The quantitative estimate of drug-likeness (QED) is 0.809. The number of carbonyl (C=O) groups is 1. The summed E-state index contributed by atoms with van der Waals surface area (Å²) in [6, 6.07) is 0.112. The number of rotatable bonds is 2. The maximum atomic E-state index is 12.3. The lowest BCUT2D eigenvalue weighted by Gasteiger charge is -2.40. The number of amides is 1. The smallest absolute Gasteiger partial charge is 0.410 e. The average Bonchev–Trinajstić information content (AvgIpc) is 2.89. The summed E-state index contributed by atoms with van der Waals surface area (Å²) in [5.74, 6) is 1.88. The van der Waals surface area contributed by atoms with Gasteiger partial charge in [-0.2, -0.15) is 0 Å². The first-order valence-corrected chi connectivity index (χ1v) is 8.54. The molecule has 0 aliphatic carbocycles. The molecular weight excluding hydrogens is 310 g/mol. The molecule has 8 heteroatoms. The Morgan fingerprint density at radius 3 is 2.79 bits per heavy atom. The number of piperazine rings is 1. The number of hydrogen-bond donors (Lipinski definition) is 0. The fourth-order valence-corrected chi connectivity index (χ4v) is 3.14. The highest BCUT2D eigenvalue weighted by atomic mass is 16.6. The minimum absolute atomic E-state index is 0.112. The van der Waals surface area contributed by atoms with Crippen molar-refractivity contribution in [1.29, 1.82) is 0 Å². The number of aromatic nitrogens is 3. The van der Waals surface area contributed by atoms with Crippen molar-refractivity contribution in [3.8, 4) is 0 Å². The van der Waals surface area contributed by atoms with Gasteiger partial charge in [0.25, 0.3) is 0 Å². The van der Waals surface area contributed by atoms with Crippen LogP contribution in [-0.2, 0) is 29.2 Å². The van der Waals surface area contributed by atoms with Gasteiger partial charge in [0.1, 0.15) is 18.0 Å². The van der Waals surface area contributed by atoms with Crippen molar-refractivity contribution in [3.05, 3.63) is 11.6 Å². The molecule has 134 valence electrons. The summed E-state index contributed by atoms with van der Waals surface area (Å²) >= 11 is 0. The second-order valence-electron chi connectivity index (χ2n) is 7.49. The van der Waals surface area contributed by atoms with E-state index in [-0.39, 0.29) is 12.1 Å². The molecular formula is C16H27N5O3. The third kappa shape index (κ3) is 3.87. The maximum Gasteiger partial charge on any atom is 0.410 e. The molecule has 24 heavy (non-hydrogen) atoms. The Balaban J connectivity index is 1.58. The monoisotopic (exact) mass is 337 g/mol. The van der Waals surface area contributed by atoms with Crippen LogP contribution < -0.4 is 0 Å². The second kappa shape index (κ2) is 6.68. The Bertz CT molecular complexity index is 595. The lowest BCUT2D eigenvalue weighted by Crippen LogP contribution is -2.54. The SMILES string of the molecule is C[C@@H]1CN(Cc2nnc3n2CCOC3)CCN1C(=O)OC(C)(C)C. The molecule has 0 N–H and O–H groups in total. The van der Waals surface area contributed by atoms with E-state index in [1.807, 2.05) is 25.7 Å². The van der Waals surface area contributed by atoms with Crippen molar-refractivity contribution in [1.82, 2.24) is 24.6 Å². The van der Waals surface area contributed by atoms with E-state index in [1.165, 1.54) is 0 Å². The van der Waals surface area contributed by atoms with Crippen molar-refractivity contribution in [2.75, 3.05) is 26.2 Å². The third-order valence-corrected chi connectivity index (χ3v) is 4.30. The van der Waals surface area contributed by atoms with E-state index >= 15 is 0 Å². The number of fused-ring (bicyclic) bond motifs is 1. The van der Waals surface area contributed by atoms with Crippen LogP contribution >= 0.6 is 0 Å². The molecule has 1 atom stereocenters. The summed E-state index contributed by atoms with van der Waals surface area (Å²) in [4.78, 5) is 16.4. The van der Waals surface area contributed by atoms with Crippen LogP contribution in [-0.4, -0.2) is 68.5 Å². The molecule has 1 aromatic heterocycles. The Hall–Kier alpha value is -1.67. The molecule has 1 amide bonds. The van der Waals surface area contributed by atoms with Crippen LogP contribution in [0.5, 0.6) is 0 Å². The molecule has 0 unspecified atom stereocenters. The fraction of sp³-hybridized carbons (Fsp3) is 0.812. The lowest BCUT2D eigenvalue weighted by atomic mass is 10.2. The Kier molecular flexibility index (Phi) is 4.78. The van der Waals surface area contributed by atoms with Crippen molar-refractivity contribution in [2.45, 2.75) is 59.0 Å². The Morgan fingerprint density at radius 2 is 2.08 bits per heavy atom. The number of hydrogen-bond acceptors (Lipinski definition) is 6. The van der Waals surface area contributed by atoms with E-state index in [1.54, 1.807) is 0 Å². The molecule has 1 saturated heterocycles. The number of ether oxygens (including phenoxy) is 2. The zero-order chi connectivity index (χ0) is 17.3. The van der Waals surface area contributed by atoms with Gasteiger partial charge < -0.3 is 18.9 Å². The zero-order valence-corrected chi connectivity index (χ0v) is 15.0. The first kappa shape index (κ1) is 17.2. The number of carbonyl (C=O) groups excluding carboxylic acids is 1. The first-order valence-electron chi connectivity index (χ1n) is 8.54. The minimum Gasteiger partial charge on any atom is -0.444 e. The van der Waals surface area contributed by atoms with Crippen LogP contribution in [0.4, 0.5) is 4.79 Å². The van der Waals surface area contributed by atoms with Crippen molar-refractivity contribution >= 4 is 6.09 Å². The maximum absolute atomic E-state index is 12.3. The first-order chi connectivity index (χ1) is 11.3. The van der Waals surface area contributed by atoms with E-state index in [2.05, 4.69) is 26.6 Å². The van der Waals surface area contributed by atoms with Gasteiger partial charge in [0, 0.05) is 32.2 Å². The molecule has 0 radical (unpaired) electrons. The molecule has 1 aromatic rings. The van der Waals surface area contributed by atoms with Gasteiger partial charge in [-0.25, -0.2) is 4.79 Å². The summed E-state index contributed by atoms with van der Waals surface area (Å²) in [5, 5.41) is 8.51. The summed E-state index contributed by atoms with van der Waals surface area (Å²) in [6.07, 6.45) is -0.230. The highest BCUT2D eigenvalue weighted by molar-refractivity contribution is 5.68. The summed E-state index contributed by atoms with van der Waals surface area (Å²) in [5.41, 5.74) is -0.462. The molecule has 2 aliphatic rings. The molecule has 1 fully saturated rings. The largest absolute Gasteiger partial charge is 0.444 e. The van der Waals surface area contributed by atoms with Crippen molar-refractivity contribution < 1.29 is 14.3 Å². The van der Waals surface area contributed by atoms with Gasteiger partial charge in [0.05, 0.1) is 13.2 Å². The van der Waals surface area contributed by atoms with Crippen LogP contribution in [0, 0.1) is 0 Å². The van der Waals surface area contributed by atoms with Gasteiger partial charge in [0.2, 0.25) is 0 Å². The average molecular weight is 337 g/mol. The van der Waals surface area contributed by atoms with Crippen LogP contribution in [0.25, 0.3) is 0 Å². The topological polar surface area (TPSA) is 72.7 Å². The normalized spacial score (nSPS) is 22.3. The standard InChI is InChI=1S/C16H27N5O3/c1-12-9-19(5-6-20(12)15(22)24-16(2,3)4)10-13-17-18-14-11-23-8-7-21(13)14/h12H,5-11H2,1-4H3/t12-/m1/s1. The molecule has 2 aliphatic heterocycles.